The van der Waals surface area contributed by atoms with Crippen LogP contribution in [0.4, 0.5) is 18.9 Å². The first-order valence-corrected chi connectivity index (χ1v) is 11.5. The van der Waals surface area contributed by atoms with E-state index in [-0.39, 0.29) is 11.3 Å². The summed E-state index contributed by atoms with van der Waals surface area (Å²) in [5.41, 5.74) is 2.54. The fourth-order valence-corrected chi connectivity index (χ4v) is 4.23. The van der Waals surface area contributed by atoms with Gasteiger partial charge in [0, 0.05) is 30.1 Å². The number of aryl methyl sites for hydroxylation is 2. The molecule has 0 radical (unpaired) electrons. The molecule has 1 amide bonds. The molecular formula is C27H23F3N4O2. The topological polar surface area (TPSA) is 75.6 Å². The van der Waals surface area contributed by atoms with Crippen molar-refractivity contribution in [2.75, 3.05) is 18.4 Å². The lowest BCUT2D eigenvalue weighted by Gasteiger charge is -2.18. The first-order chi connectivity index (χ1) is 17.3. The molecule has 0 unspecified atom stereocenters. The zero-order chi connectivity index (χ0) is 25.3. The van der Waals surface area contributed by atoms with Crippen LogP contribution in [-0.4, -0.2) is 29.8 Å². The Kier molecular flexibility index (Phi) is 6.22. The van der Waals surface area contributed by atoms with Crippen molar-refractivity contribution in [3.63, 3.8) is 0 Å². The number of aromatic nitrogens is 1. The number of ether oxygens (including phenoxy) is 1. The highest BCUT2D eigenvalue weighted by Crippen LogP contribution is 2.34. The molecule has 0 spiro atoms. The second-order valence-corrected chi connectivity index (χ2v) is 8.65. The van der Waals surface area contributed by atoms with Crippen LogP contribution < -0.4 is 15.4 Å². The Morgan fingerprint density at radius 1 is 1.06 bits per heavy atom. The van der Waals surface area contributed by atoms with Crippen molar-refractivity contribution in [3.05, 3.63) is 88.2 Å². The molecule has 0 saturated heterocycles. The van der Waals surface area contributed by atoms with Gasteiger partial charge in [-0.25, -0.2) is 0 Å². The van der Waals surface area contributed by atoms with E-state index in [9.17, 15) is 18.0 Å². The van der Waals surface area contributed by atoms with E-state index in [0.29, 0.717) is 42.2 Å². The number of halogens is 3. The predicted molar refractivity (Wildman–Crippen MR) is 131 cm³/mol. The van der Waals surface area contributed by atoms with E-state index in [4.69, 9.17) is 4.74 Å². The normalized spacial score (nSPS) is 14.9. The molecule has 0 saturated carbocycles. The molecule has 0 bridgehead atoms. The summed E-state index contributed by atoms with van der Waals surface area (Å²) >= 11 is 0. The quantitative estimate of drug-likeness (QED) is 0.492. The first kappa shape index (κ1) is 23.6. The maximum atomic E-state index is 13.2. The Labute approximate surface area is 205 Å². The number of nitrogens with zero attached hydrogens (tertiary/aromatic N) is 2. The highest BCUT2D eigenvalue weighted by atomic mass is 19.4. The molecule has 184 valence electrons. The Morgan fingerprint density at radius 3 is 2.67 bits per heavy atom. The summed E-state index contributed by atoms with van der Waals surface area (Å²) in [6.45, 7) is 2.88. The first-order valence-electron chi connectivity index (χ1n) is 11.5. The molecule has 2 heterocycles. The molecule has 5 rings (SSSR count). The largest absolute Gasteiger partial charge is 0.457 e. The molecule has 2 N–H and O–H groups in total. The minimum Gasteiger partial charge on any atom is -0.457 e. The number of anilines is 1. The Bertz CT molecular complexity index is 1400. The van der Waals surface area contributed by atoms with Crippen LogP contribution in [0.15, 0.2) is 65.3 Å². The number of amides is 1. The number of alkyl halides is 3. The number of hydrogen-bond acceptors (Lipinski definition) is 5. The fourth-order valence-electron chi connectivity index (χ4n) is 4.23. The van der Waals surface area contributed by atoms with Crippen LogP contribution in [-0.2, 0) is 17.4 Å². The van der Waals surface area contributed by atoms with E-state index in [1.165, 1.54) is 19.1 Å². The monoisotopic (exact) mass is 492 g/mol. The molecule has 1 aliphatic heterocycles. The van der Waals surface area contributed by atoms with Gasteiger partial charge >= 0.3 is 6.18 Å². The van der Waals surface area contributed by atoms with Gasteiger partial charge in [0.1, 0.15) is 23.0 Å². The molecule has 0 atom stereocenters. The summed E-state index contributed by atoms with van der Waals surface area (Å²) < 4.78 is 45.7. The van der Waals surface area contributed by atoms with Gasteiger partial charge in [0.2, 0.25) is 0 Å². The molecular weight excluding hydrogens is 469 g/mol. The van der Waals surface area contributed by atoms with E-state index < -0.39 is 17.6 Å². The van der Waals surface area contributed by atoms with Gasteiger partial charge in [0.05, 0.1) is 12.1 Å². The SMILES string of the molecule is Cc1ccc(NC(=O)C2=Cc3cc(Oc4ccnc(C5=NCCN5)c4)ccc3CC2)cc1C(F)(F)F. The minimum atomic E-state index is -4.49. The number of benzene rings is 2. The smallest absolute Gasteiger partial charge is 0.416 e. The molecule has 2 aliphatic rings. The second kappa shape index (κ2) is 9.49. The van der Waals surface area contributed by atoms with Crippen LogP contribution in [0.5, 0.6) is 11.5 Å². The number of rotatable bonds is 5. The molecule has 9 heteroatoms. The standard InChI is InChI=1S/C27H23F3N4O2/c1-16-2-6-20(14-23(16)27(28,29)30)34-26(35)18-4-3-17-5-7-21(13-19(17)12-18)36-22-8-9-31-24(15-22)25-32-10-11-33-25/h2,5-9,12-15H,3-4,10-11H2,1H3,(H,32,33)(H,34,35). The van der Waals surface area contributed by atoms with E-state index in [1.54, 1.807) is 18.3 Å². The summed E-state index contributed by atoms with van der Waals surface area (Å²) in [6, 6.07) is 13.0. The van der Waals surface area contributed by atoms with Gasteiger partial charge in [-0.2, -0.15) is 13.2 Å². The van der Waals surface area contributed by atoms with Gasteiger partial charge in [-0.1, -0.05) is 12.1 Å². The summed E-state index contributed by atoms with van der Waals surface area (Å²) in [5.74, 6) is 1.51. The average Bonchev–Trinajstić information content (AvgIpc) is 3.39. The van der Waals surface area contributed by atoms with Crippen molar-refractivity contribution < 1.29 is 22.7 Å². The van der Waals surface area contributed by atoms with E-state index in [1.807, 2.05) is 24.3 Å². The van der Waals surface area contributed by atoms with Gasteiger partial charge in [-0.3, -0.25) is 14.8 Å². The van der Waals surface area contributed by atoms with Crippen LogP contribution in [0.1, 0.15) is 34.4 Å². The van der Waals surface area contributed by atoms with Crippen LogP contribution in [0, 0.1) is 6.92 Å². The zero-order valence-corrected chi connectivity index (χ0v) is 19.4. The summed E-state index contributed by atoms with van der Waals surface area (Å²) in [4.78, 5) is 21.6. The van der Waals surface area contributed by atoms with E-state index in [0.717, 1.165) is 29.6 Å². The van der Waals surface area contributed by atoms with Gasteiger partial charge < -0.3 is 15.4 Å². The lowest BCUT2D eigenvalue weighted by Crippen LogP contribution is -2.20. The van der Waals surface area contributed by atoms with E-state index >= 15 is 0 Å². The van der Waals surface area contributed by atoms with Crippen LogP contribution in [0.2, 0.25) is 0 Å². The Balaban J connectivity index is 1.33. The third-order valence-electron chi connectivity index (χ3n) is 6.09. The fraction of sp³-hybridized carbons (Fsp3) is 0.222. The number of hydrogen-bond donors (Lipinski definition) is 2. The summed E-state index contributed by atoms with van der Waals surface area (Å²) in [5, 5.41) is 5.79. The number of pyridine rings is 1. The van der Waals surface area contributed by atoms with Crippen LogP contribution in [0.3, 0.4) is 0 Å². The van der Waals surface area contributed by atoms with Gasteiger partial charge in [0.15, 0.2) is 0 Å². The molecule has 6 nitrogen and oxygen atoms in total. The molecule has 0 fully saturated rings. The highest BCUT2D eigenvalue weighted by molar-refractivity contribution is 6.07. The summed E-state index contributed by atoms with van der Waals surface area (Å²) in [6.07, 6.45) is 0.0560. The van der Waals surface area contributed by atoms with Crippen LogP contribution >= 0.6 is 0 Å². The number of nitrogens with one attached hydrogen (secondary N) is 2. The number of aliphatic imine (C=N–C) groups is 1. The highest BCUT2D eigenvalue weighted by Gasteiger charge is 2.32. The van der Waals surface area contributed by atoms with Gasteiger partial charge in [0.25, 0.3) is 5.91 Å². The molecule has 1 aromatic heterocycles. The Hall–Kier alpha value is -4.14. The van der Waals surface area contributed by atoms with E-state index in [2.05, 4.69) is 20.6 Å². The second-order valence-electron chi connectivity index (χ2n) is 8.65. The number of amidine groups is 1. The van der Waals surface area contributed by atoms with Crippen molar-refractivity contribution in [2.45, 2.75) is 25.9 Å². The lowest BCUT2D eigenvalue weighted by molar-refractivity contribution is -0.138. The van der Waals surface area contributed by atoms with Gasteiger partial charge in [-0.15, -0.1) is 0 Å². The van der Waals surface area contributed by atoms with Crippen molar-refractivity contribution in [3.8, 4) is 11.5 Å². The molecule has 2 aromatic carbocycles. The third kappa shape index (κ3) is 5.10. The number of fused-ring (bicyclic) bond motifs is 1. The molecule has 36 heavy (non-hydrogen) atoms. The van der Waals surface area contributed by atoms with Crippen molar-refractivity contribution in [2.24, 2.45) is 4.99 Å². The number of carbonyl (C=O) groups is 1. The zero-order valence-electron chi connectivity index (χ0n) is 19.4. The van der Waals surface area contributed by atoms with Gasteiger partial charge in [-0.05, 0) is 72.9 Å². The van der Waals surface area contributed by atoms with Crippen molar-refractivity contribution in [1.82, 2.24) is 10.3 Å². The van der Waals surface area contributed by atoms with Crippen molar-refractivity contribution in [1.29, 1.82) is 0 Å². The predicted octanol–water partition coefficient (Wildman–Crippen LogP) is 5.52. The lowest BCUT2D eigenvalue weighted by atomic mass is 9.91. The molecule has 1 aliphatic carbocycles. The maximum Gasteiger partial charge on any atom is 0.416 e. The maximum absolute atomic E-state index is 13.2. The average molecular weight is 493 g/mol. The number of carbonyl (C=O) groups excluding carboxylic acids is 1. The van der Waals surface area contributed by atoms with Crippen LogP contribution in [0.25, 0.3) is 6.08 Å². The third-order valence-corrected chi connectivity index (χ3v) is 6.09. The van der Waals surface area contributed by atoms with Crippen molar-refractivity contribution >= 4 is 23.5 Å². The minimum absolute atomic E-state index is 0.104. The Morgan fingerprint density at radius 2 is 1.89 bits per heavy atom. The molecule has 3 aromatic rings. The summed E-state index contributed by atoms with van der Waals surface area (Å²) in [7, 11) is 0.